The number of benzene rings is 5. The Morgan fingerprint density at radius 3 is 1.77 bits per heavy atom. The average Bonchev–Trinajstić information content (AvgIpc) is 3.79. The summed E-state index contributed by atoms with van der Waals surface area (Å²) in [6.07, 6.45) is -1.02. The lowest BCUT2D eigenvalue weighted by Crippen LogP contribution is -2.52. The summed E-state index contributed by atoms with van der Waals surface area (Å²) in [6, 6.07) is 32.0. The molecule has 10 rings (SSSR count). The summed E-state index contributed by atoms with van der Waals surface area (Å²) in [4.78, 5) is 38.3. The number of nitrogens with zero attached hydrogens (tertiary/aromatic N) is 7. The maximum Gasteiger partial charge on any atom is 0.251 e. The molecule has 316 valence electrons. The fourth-order valence-electron chi connectivity index (χ4n) is 8.17. The molecule has 0 bridgehead atoms. The van der Waals surface area contributed by atoms with Crippen LogP contribution < -0.4 is 24.6 Å². The number of aromatic nitrogens is 4. The number of carbonyl (C=O) groups is 1. The number of aliphatic hydroxyl groups is 1. The van der Waals surface area contributed by atoms with Crippen molar-refractivity contribution < 1.29 is 29.6 Å². The van der Waals surface area contributed by atoms with Crippen LogP contribution in [0.4, 0.5) is 11.6 Å². The van der Waals surface area contributed by atoms with Gasteiger partial charge in [-0.15, -0.1) is 0 Å². The number of anilines is 2. The molecule has 62 heavy (non-hydrogen) atoms. The lowest BCUT2D eigenvalue weighted by molar-refractivity contribution is -0.140. The minimum Gasteiger partial charge on any atom is -0.507 e. The molecule has 5 heterocycles. The van der Waals surface area contributed by atoms with Gasteiger partial charge in [0.1, 0.15) is 29.2 Å². The van der Waals surface area contributed by atoms with Crippen LogP contribution in [0.1, 0.15) is 16.7 Å². The van der Waals surface area contributed by atoms with Crippen molar-refractivity contribution in [3.05, 3.63) is 120 Å². The molecule has 14 heteroatoms. The molecule has 14 nitrogen and oxygen atoms in total. The molecule has 0 aliphatic carbocycles. The largest absolute Gasteiger partial charge is 0.507 e. The van der Waals surface area contributed by atoms with Crippen LogP contribution in [0.2, 0.25) is 0 Å². The predicted octanol–water partition coefficient (Wildman–Crippen LogP) is 6.01. The van der Waals surface area contributed by atoms with E-state index in [1.807, 2.05) is 61.5 Å². The van der Waals surface area contributed by atoms with E-state index in [4.69, 9.17) is 29.4 Å². The van der Waals surface area contributed by atoms with Gasteiger partial charge in [0.2, 0.25) is 6.79 Å². The third-order valence-corrected chi connectivity index (χ3v) is 11.4. The van der Waals surface area contributed by atoms with Crippen molar-refractivity contribution in [2.24, 2.45) is 0 Å². The molecule has 1 amide bonds. The van der Waals surface area contributed by atoms with Gasteiger partial charge in [-0.2, -0.15) is 0 Å². The monoisotopic (exact) mass is 832 g/mol. The van der Waals surface area contributed by atoms with Crippen LogP contribution in [-0.4, -0.2) is 111 Å². The zero-order chi connectivity index (χ0) is 42.7. The Bertz CT molecular complexity index is 2770. The zero-order valence-electron chi connectivity index (χ0n) is 34.7. The van der Waals surface area contributed by atoms with Crippen LogP contribution in [-0.2, 0) is 11.2 Å². The maximum absolute atomic E-state index is 13.1. The van der Waals surface area contributed by atoms with E-state index in [2.05, 4.69) is 40.2 Å². The molecule has 0 radical (unpaired) electrons. The third-order valence-electron chi connectivity index (χ3n) is 11.4. The van der Waals surface area contributed by atoms with Gasteiger partial charge in [0.15, 0.2) is 23.1 Å². The van der Waals surface area contributed by atoms with Crippen molar-refractivity contribution in [3.63, 3.8) is 0 Å². The number of hydrogen-bond acceptors (Lipinski definition) is 13. The molecule has 7 aromatic rings. The summed E-state index contributed by atoms with van der Waals surface area (Å²) in [5.41, 5.74) is 5.93. The van der Waals surface area contributed by atoms with Gasteiger partial charge in [-0.05, 0) is 79.6 Å². The van der Waals surface area contributed by atoms with E-state index in [1.54, 1.807) is 35.2 Å². The van der Waals surface area contributed by atoms with E-state index in [-0.39, 0.29) is 30.6 Å². The van der Waals surface area contributed by atoms with Crippen LogP contribution in [0.5, 0.6) is 23.0 Å². The molecule has 0 unspecified atom stereocenters. The van der Waals surface area contributed by atoms with Crippen LogP contribution in [0.25, 0.3) is 44.6 Å². The first kappa shape index (κ1) is 40.4. The summed E-state index contributed by atoms with van der Waals surface area (Å²) in [5.74, 6) is 3.97. The van der Waals surface area contributed by atoms with Gasteiger partial charge in [0, 0.05) is 75.1 Å². The van der Waals surface area contributed by atoms with Crippen molar-refractivity contribution in [3.8, 4) is 45.8 Å². The fraction of sp³-hybridized carbons (Fsp3) is 0.271. The quantitative estimate of drug-likeness (QED) is 0.148. The Hall–Kier alpha value is -7.03. The van der Waals surface area contributed by atoms with Gasteiger partial charge in [0.25, 0.3) is 5.91 Å². The van der Waals surface area contributed by atoms with Gasteiger partial charge in [0.05, 0.1) is 22.2 Å². The van der Waals surface area contributed by atoms with Crippen molar-refractivity contribution in [2.75, 3.05) is 69.0 Å². The molecule has 2 aromatic heterocycles. The molecule has 5 aromatic carbocycles. The highest BCUT2D eigenvalue weighted by atomic mass is 16.7. The normalized spacial score (nSPS) is 15.4. The number of fused-ring (bicyclic) bond motifs is 3. The van der Waals surface area contributed by atoms with Gasteiger partial charge in [-0.3, -0.25) is 4.79 Å². The lowest BCUT2D eigenvalue weighted by Gasteiger charge is -2.36. The zero-order valence-corrected chi connectivity index (χ0v) is 34.7. The highest BCUT2D eigenvalue weighted by Gasteiger charge is 2.30. The van der Waals surface area contributed by atoms with Crippen LogP contribution in [0, 0.1) is 13.8 Å². The Labute approximate surface area is 359 Å². The smallest absolute Gasteiger partial charge is 0.251 e. The number of aliphatic hydroxyl groups excluding tert-OH is 1. The summed E-state index contributed by atoms with van der Waals surface area (Å²) >= 11 is 0. The number of para-hydroxylation sites is 3. The van der Waals surface area contributed by atoms with Crippen molar-refractivity contribution in [1.82, 2.24) is 30.2 Å². The molecular weight excluding hydrogens is 785 g/mol. The Balaban J connectivity index is 0.000000175. The van der Waals surface area contributed by atoms with Gasteiger partial charge in [-0.1, -0.05) is 48.5 Å². The number of aromatic hydroxyl groups is 2. The topological polar surface area (TPSA) is 170 Å². The number of aryl methyl sites for hydroxylation is 2. The second-order valence-electron chi connectivity index (χ2n) is 15.7. The first-order chi connectivity index (χ1) is 30.2. The number of phenolic OH excluding ortho intramolecular Hbond substituents is 2. The molecule has 2 saturated heterocycles. The van der Waals surface area contributed by atoms with Crippen LogP contribution >= 0.6 is 0 Å². The molecule has 3 aliphatic rings. The maximum atomic E-state index is 13.1. The molecule has 3 aliphatic heterocycles. The Morgan fingerprint density at radius 1 is 0.661 bits per heavy atom. The third kappa shape index (κ3) is 8.34. The van der Waals surface area contributed by atoms with E-state index in [1.165, 1.54) is 0 Å². The molecule has 0 spiro atoms. The summed E-state index contributed by atoms with van der Waals surface area (Å²) in [7, 11) is 0. The van der Waals surface area contributed by atoms with Crippen molar-refractivity contribution >= 4 is 39.3 Å². The van der Waals surface area contributed by atoms with E-state index in [9.17, 15) is 20.1 Å². The fourth-order valence-corrected chi connectivity index (χ4v) is 8.17. The molecule has 0 saturated carbocycles. The molecule has 2 fully saturated rings. The SMILES string of the molecule is Cc1ccc2c(N3CCN(C(=O)[C@H](O)Cc4cccc5c4OCO5)CC3)nc(-c3ccccc3O)nc2c1.Cc1ccc2c(N3CCNCC3)nc(-c3ccccc3O)nc2c1. The summed E-state index contributed by atoms with van der Waals surface area (Å²) in [5, 5.41) is 36.7. The molecular formula is C48H48N8O6. The second-order valence-corrected chi connectivity index (χ2v) is 15.7. The van der Waals surface area contributed by atoms with Crippen molar-refractivity contribution in [1.29, 1.82) is 0 Å². The Kier molecular flexibility index (Phi) is 11.4. The average molecular weight is 833 g/mol. The van der Waals surface area contributed by atoms with E-state index >= 15 is 0 Å². The number of ether oxygens (including phenoxy) is 2. The molecule has 4 N–H and O–H groups in total. The minimum absolute atomic E-state index is 0.121. The van der Waals surface area contributed by atoms with Crippen molar-refractivity contribution in [2.45, 2.75) is 26.4 Å². The van der Waals surface area contributed by atoms with Crippen LogP contribution in [0.15, 0.2) is 103 Å². The minimum atomic E-state index is -1.17. The van der Waals surface area contributed by atoms with E-state index in [0.717, 1.165) is 76.3 Å². The van der Waals surface area contributed by atoms with Gasteiger partial charge < -0.3 is 44.8 Å². The van der Waals surface area contributed by atoms with Gasteiger partial charge >= 0.3 is 0 Å². The summed E-state index contributed by atoms with van der Waals surface area (Å²) in [6.45, 7) is 9.95. The number of phenols is 2. The van der Waals surface area contributed by atoms with Crippen LogP contribution in [0.3, 0.4) is 0 Å². The first-order valence-electron chi connectivity index (χ1n) is 20.9. The first-order valence-corrected chi connectivity index (χ1v) is 20.9. The highest BCUT2D eigenvalue weighted by molar-refractivity contribution is 5.93. The second kappa shape index (κ2) is 17.5. The number of piperazine rings is 2. The van der Waals surface area contributed by atoms with Gasteiger partial charge in [-0.25, -0.2) is 19.9 Å². The standard InChI is InChI=1S/C29H28N4O5.C19H20N4O/c1-18-9-10-20-22(15-18)30-27(21-6-2-3-7-23(21)34)31-28(20)32-11-13-33(14-12-32)29(36)24(35)16-19-5-4-8-25-26(19)38-17-37-25;1-13-6-7-14-16(12-13)21-18(15-4-2-3-5-17(15)24)22-19(14)23-10-8-20-9-11-23/h2-10,15,24,34-35H,11-14,16-17H2,1H3;2-7,12,20,24H,8-11H2,1H3/t24-;/m1./s1. The summed E-state index contributed by atoms with van der Waals surface area (Å²) < 4.78 is 10.9. The lowest BCUT2D eigenvalue weighted by atomic mass is 10.0. The Morgan fingerprint density at radius 2 is 1.21 bits per heavy atom. The number of carbonyl (C=O) groups excluding carboxylic acids is 1. The van der Waals surface area contributed by atoms with E-state index in [0.29, 0.717) is 60.5 Å². The highest BCUT2D eigenvalue weighted by Crippen LogP contribution is 2.37. The number of rotatable bonds is 7. The number of amides is 1. The predicted molar refractivity (Wildman–Crippen MR) is 239 cm³/mol. The number of nitrogens with one attached hydrogen (secondary N) is 1. The molecule has 1 atom stereocenters. The number of hydrogen-bond donors (Lipinski definition) is 4. The van der Waals surface area contributed by atoms with E-state index < -0.39 is 6.10 Å².